The third-order valence-electron chi connectivity index (χ3n) is 4.87. The maximum Gasteiger partial charge on any atom is 0.185 e. The van der Waals surface area contributed by atoms with Crippen molar-refractivity contribution in [2.75, 3.05) is 7.11 Å². The molecule has 3 aromatic carbocycles. The lowest BCUT2D eigenvalue weighted by molar-refractivity contribution is 0.104. The molecule has 0 saturated heterocycles. The van der Waals surface area contributed by atoms with E-state index in [9.17, 15) is 4.79 Å². The van der Waals surface area contributed by atoms with Crippen LogP contribution < -0.4 is 9.47 Å². The summed E-state index contributed by atoms with van der Waals surface area (Å²) in [4.78, 5) is 12.4. The topological polar surface area (TPSA) is 35.5 Å². The van der Waals surface area contributed by atoms with Gasteiger partial charge in [0.1, 0.15) is 18.1 Å². The number of carbonyl (C=O) groups is 1. The number of methoxy groups -OCH3 is 1. The third kappa shape index (κ3) is 5.31. The molecule has 0 fully saturated rings. The average Bonchev–Trinajstić information content (AvgIpc) is 2.74. The Bertz CT molecular complexity index is 1060. The van der Waals surface area contributed by atoms with E-state index in [0.717, 1.165) is 44.3 Å². The SMILES string of the molecule is COc1ccc(/C=C/C(=O)c2ccc(C)cc2)cc1COc1cc(C)c(Cl)c(C)c1. The van der Waals surface area contributed by atoms with Gasteiger partial charge in [0.25, 0.3) is 0 Å². The first-order chi connectivity index (χ1) is 14.4. The van der Waals surface area contributed by atoms with Crippen LogP contribution in [0.5, 0.6) is 11.5 Å². The predicted octanol–water partition coefficient (Wildman–Crippen LogP) is 6.75. The molecular formula is C26H25ClO3. The summed E-state index contributed by atoms with van der Waals surface area (Å²) in [7, 11) is 1.63. The number of allylic oxidation sites excluding steroid dienone is 1. The number of hydrogen-bond acceptors (Lipinski definition) is 3. The lowest BCUT2D eigenvalue weighted by Crippen LogP contribution is -2.00. The number of rotatable bonds is 7. The van der Waals surface area contributed by atoms with Crippen LogP contribution in [0.25, 0.3) is 6.08 Å². The highest BCUT2D eigenvalue weighted by molar-refractivity contribution is 6.32. The monoisotopic (exact) mass is 420 g/mol. The lowest BCUT2D eigenvalue weighted by atomic mass is 10.1. The van der Waals surface area contributed by atoms with E-state index in [0.29, 0.717) is 12.2 Å². The van der Waals surface area contributed by atoms with Gasteiger partial charge < -0.3 is 9.47 Å². The first-order valence-electron chi connectivity index (χ1n) is 9.73. The van der Waals surface area contributed by atoms with Crippen LogP contribution in [0.4, 0.5) is 0 Å². The van der Waals surface area contributed by atoms with Crippen LogP contribution in [-0.2, 0) is 6.61 Å². The molecule has 0 bridgehead atoms. The van der Waals surface area contributed by atoms with Crippen molar-refractivity contribution in [3.8, 4) is 11.5 Å². The van der Waals surface area contributed by atoms with Crippen molar-refractivity contribution >= 4 is 23.5 Å². The fourth-order valence-electron chi connectivity index (χ4n) is 3.15. The lowest BCUT2D eigenvalue weighted by Gasteiger charge is -2.13. The summed E-state index contributed by atoms with van der Waals surface area (Å²) in [5.74, 6) is 1.46. The van der Waals surface area contributed by atoms with Gasteiger partial charge in [0.15, 0.2) is 5.78 Å². The van der Waals surface area contributed by atoms with Crippen LogP contribution >= 0.6 is 11.6 Å². The normalized spacial score (nSPS) is 11.0. The highest BCUT2D eigenvalue weighted by Crippen LogP contribution is 2.28. The Hall–Kier alpha value is -3.04. The van der Waals surface area contributed by atoms with Crippen molar-refractivity contribution in [2.45, 2.75) is 27.4 Å². The molecule has 0 unspecified atom stereocenters. The number of carbonyl (C=O) groups excluding carboxylic acids is 1. The maximum atomic E-state index is 12.4. The summed E-state index contributed by atoms with van der Waals surface area (Å²) in [6.45, 7) is 6.26. The van der Waals surface area contributed by atoms with Crippen molar-refractivity contribution in [1.29, 1.82) is 0 Å². The Kier molecular flexibility index (Phi) is 6.96. The summed E-state index contributed by atoms with van der Waals surface area (Å²) in [6.07, 6.45) is 3.39. The van der Waals surface area contributed by atoms with Crippen molar-refractivity contribution in [3.63, 3.8) is 0 Å². The molecule has 0 radical (unpaired) electrons. The molecule has 0 aliphatic heterocycles. The van der Waals surface area contributed by atoms with Gasteiger partial charge in [-0.3, -0.25) is 4.79 Å². The highest BCUT2D eigenvalue weighted by atomic mass is 35.5. The fourth-order valence-corrected chi connectivity index (χ4v) is 3.26. The molecule has 0 aromatic heterocycles. The van der Waals surface area contributed by atoms with Crippen LogP contribution in [0.2, 0.25) is 5.02 Å². The second-order valence-electron chi connectivity index (χ2n) is 7.29. The molecular weight excluding hydrogens is 396 g/mol. The second-order valence-corrected chi connectivity index (χ2v) is 7.67. The zero-order valence-corrected chi connectivity index (χ0v) is 18.4. The first kappa shape index (κ1) is 21.7. The number of halogens is 1. The fraction of sp³-hybridized carbons (Fsp3) is 0.192. The van der Waals surface area contributed by atoms with Gasteiger partial charge in [0.05, 0.1) is 7.11 Å². The molecule has 30 heavy (non-hydrogen) atoms. The van der Waals surface area contributed by atoms with Crippen LogP contribution in [0.1, 0.15) is 38.2 Å². The largest absolute Gasteiger partial charge is 0.496 e. The Morgan fingerprint density at radius 2 is 1.63 bits per heavy atom. The average molecular weight is 421 g/mol. The maximum absolute atomic E-state index is 12.4. The van der Waals surface area contributed by atoms with Gasteiger partial charge in [-0.05, 0) is 67.8 Å². The molecule has 4 heteroatoms. The van der Waals surface area contributed by atoms with Crippen molar-refractivity contribution in [1.82, 2.24) is 0 Å². The molecule has 0 heterocycles. The van der Waals surface area contributed by atoms with Gasteiger partial charge in [-0.25, -0.2) is 0 Å². The smallest absolute Gasteiger partial charge is 0.185 e. The number of aryl methyl sites for hydroxylation is 3. The standard InChI is InChI=1S/C26H25ClO3/c1-17-5-9-21(10-6-17)24(28)11-7-20-8-12-25(29-4)22(15-20)16-30-23-13-18(2)26(27)19(3)14-23/h5-15H,16H2,1-4H3/b11-7+. The molecule has 154 valence electrons. The summed E-state index contributed by atoms with van der Waals surface area (Å²) in [6, 6.07) is 17.2. The van der Waals surface area contributed by atoms with E-state index in [2.05, 4.69) is 0 Å². The van der Waals surface area contributed by atoms with Crippen LogP contribution in [0, 0.1) is 20.8 Å². The van der Waals surface area contributed by atoms with E-state index in [1.807, 2.05) is 81.4 Å². The summed E-state index contributed by atoms with van der Waals surface area (Å²) in [5.41, 5.74) is 5.55. The van der Waals surface area contributed by atoms with Crippen molar-refractivity contribution in [3.05, 3.63) is 99.1 Å². The predicted molar refractivity (Wildman–Crippen MR) is 123 cm³/mol. The van der Waals surface area contributed by atoms with E-state index in [4.69, 9.17) is 21.1 Å². The van der Waals surface area contributed by atoms with Gasteiger partial charge in [-0.15, -0.1) is 0 Å². The molecule has 0 N–H and O–H groups in total. The summed E-state index contributed by atoms with van der Waals surface area (Å²) >= 11 is 6.24. The summed E-state index contributed by atoms with van der Waals surface area (Å²) in [5, 5.41) is 0.755. The van der Waals surface area contributed by atoms with E-state index in [1.54, 1.807) is 13.2 Å². The van der Waals surface area contributed by atoms with E-state index >= 15 is 0 Å². The molecule has 3 rings (SSSR count). The Morgan fingerprint density at radius 3 is 2.27 bits per heavy atom. The third-order valence-corrected chi connectivity index (χ3v) is 5.47. The number of benzene rings is 3. The van der Waals surface area contributed by atoms with Crippen LogP contribution in [-0.4, -0.2) is 12.9 Å². The molecule has 0 atom stereocenters. The number of ketones is 1. The minimum atomic E-state index is -0.0317. The number of hydrogen-bond donors (Lipinski definition) is 0. The quantitative estimate of drug-likeness (QED) is 0.313. The first-order valence-corrected chi connectivity index (χ1v) is 10.1. The van der Waals surface area contributed by atoms with Gasteiger partial charge >= 0.3 is 0 Å². The number of ether oxygens (including phenoxy) is 2. The zero-order valence-electron chi connectivity index (χ0n) is 17.7. The van der Waals surface area contributed by atoms with E-state index in [-0.39, 0.29) is 5.78 Å². The van der Waals surface area contributed by atoms with Gasteiger partial charge in [0.2, 0.25) is 0 Å². The van der Waals surface area contributed by atoms with Crippen LogP contribution in [0.3, 0.4) is 0 Å². The van der Waals surface area contributed by atoms with Gasteiger partial charge in [0, 0.05) is 16.1 Å². The molecule has 3 aromatic rings. The van der Waals surface area contributed by atoms with Gasteiger partial charge in [-0.1, -0.05) is 53.6 Å². The Balaban J connectivity index is 1.76. The molecule has 0 saturated carbocycles. The van der Waals surface area contributed by atoms with E-state index in [1.165, 1.54) is 0 Å². The summed E-state index contributed by atoms with van der Waals surface area (Å²) < 4.78 is 11.5. The Morgan fingerprint density at radius 1 is 0.967 bits per heavy atom. The zero-order chi connectivity index (χ0) is 21.7. The molecule has 0 spiro atoms. The molecule has 0 aliphatic carbocycles. The Labute approximate surface area is 182 Å². The molecule has 0 amide bonds. The second kappa shape index (κ2) is 9.64. The van der Waals surface area contributed by atoms with Crippen molar-refractivity contribution in [2.24, 2.45) is 0 Å². The van der Waals surface area contributed by atoms with Gasteiger partial charge in [-0.2, -0.15) is 0 Å². The molecule has 3 nitrogen and oxygen atoms in total. The van der Waals surface area contributed by atoms with Crippen molar-refractivity contribution < 1.29 is 14.3 Å². The molecule has 0 aliphatic rings. The minimum Gasteiger partial charge on any atom is -0.496 e. The minimum absolute atomic E-state index is 0.0317. The van der Waals surface area contributed by atoms with E-state index < -0.39 is 0 Å². The highest BCUT2D eigenvalue weighted by Gasteiger charge is 2.08. The van der Waals surface area contributed by atoms with Crippen LogP contribution in [0.15, 0.2) is 60.7 Å².